The average Bonchev–Trinajstić information content (AvgIpc) is 3.25. The van der Waals surface area contributed by atoms with Gasteiger partial charge in [0.05, 0.1) is 11.4 Å². The molecule has 9 nitrogen and oxygen atoms in total. The summed E-state index contributed by atoms with van der Waals surface area (Å²) in [4.78, 5) is 16.1. The van der Waals surface area contributed by atoms with E-state index in [1.165, 1.54) is 24.3 Å². The molecule has 1 saturated heterocycles. The lowest BCUT2D eigenvalue weighted by Crippen LogP contribution is -2.36. The summed E-state index contributed by atoms with van der Waals surface area (Å²) in [6.07, 6.45) is 0.887. The molecule has 1 aliphatic heterocycles. The number of aryl methyl sites for hydroxylation is 1. The fourth-order valence-electron chi connectivity index (χ4n) is 2.49. The first-order valence-corrected chi connectivity index (χ1v) is 9.33. The van der Waals surface area contributed by atoms with Crippen molar-refractivity contribution in [3.8, 4) is 0 Å². The van der Waals surface area contributed by atoms with Crippen LogP contribution in [0.4, 0.5) is 0 Å². The first kappa shape index (κ1) is 17.5. The Morgan fingerprint density at radius 1 is 1.36 bits per heavy atom. The predicted molar refractivity (Wildman–Crippen MR) is 88.2 cm³/mol. The Balaban J connectivity index is 1.62. The smallest absolute Gasteiger partial charge is 0.251 e. The van der Waals surface area contributed by atoms with Gasteiger partial charge in [0.25, 0.3) is 5.91 Å². The zero-order chi connectivity index (χ0) is 17.9. The third kappa shape index (κ3) is 4.41. The number of hydrogen-bond donors (Lipinski definition) is 3. The van der Waals surface area contributed by atoms with Crippen LogP contribution >= 0.6 is 0 Å². The highest BCUT2D eigenvalue weighted by Crippen LogP contribution is 2.12. The van der Waals surface area contributed by atoms with Crippen LogP contribution in [0.2, 0.25) is 0 Å². The summed E-state index contributed by atoms with van der Waals surface area (Å²) in [7, 11) is -3.73. The summed E-state index contributed by atoms with van der Waals surface area (Å²) >= 11 is 0. The van der Waals surface area contributed by atoms with E-state index in [-0.39, 0.29) is 29.2 Å². The average molecular weight is 365 g/mol. The zero-order valence-electron chi connectivity index (χ0n) is 13.7. The van der Waals surface area contributed by atoms with E-state index < -0.39 is 10.0 Å². The van der Waals surface area contributed by atoms with Crippen molar-refractivity contribution in [3.05, 3.63) is 41.5 Å². The number of nitrogens with one attached hydrogen (secondary N) is 3. The van der Waals surface area contributed by atoms with Crippen LogP contribution < -0.4 is 15.4 Å². The lowest BCUT2D eigenvalue weighted by molar-refractivity contribution is 0.0940. The third-order valence-corrected chi connectivity index (χ3v) is 5.23. The van der Waals surface area contributed by atoms with E-state index in [4.69, 9.17) is 4.52 Å². The summed E-state index contributed by atoms with van der Waals surface area (Å²) in [5.41, 5.74) is 0.416. The van der Waals surface area contributed by atoms with Crippen LogP contribution in [0.25, 0.3) is 0 Å². The molecule has 0 bridgehead atoms. The van der Waals surface area contributed by atoms with Gasteiger partial charge in [0.2, 0.25) is 15.9 Å². The number of carbonyl (C=O) groups excluding carboxylic acids is 1. The van der Waals surface area contributed by atoms with E-state index in [0.717, 1.165) is 19.5 Å². The first-order chi connectivity index (χ1) is 11.9. The van der Waals surface area contributed by atoms with Gasteiger partial charge in [-0.1, -0.05) is 5.16 Å². The highest BCUT2D eigenvalue weighted by Gasteiger charge is 2.19. The Hall–Kier alpha value is -2.30. The topological polar surface area (TPSA) is 126 Å². The van der Waals surface area contributed by atoms with Gasteiger partial charge in [0, 0.05) is 25.1 Å². The SMILES string of the molecule is Cc1nc(CNS(=O)(=O)c2ccc(C(=O)N[C@H]3CCNC3)cc2)no1. The second-order valence-corrected chi connectivity index (χ2v) is 7.51. The molecule has 2 aromatic rings. The molecule has 1 aromatic carbocycles. The van der Waals surface area contributed by atoms with Crippen molar-refractivity contribution in [1.82, 2.24) is 25.5 Å². The van der Waals surface area contributed by atoms with Gasteiger partial charge >= 0.3 is 0 Å². The van der Waals surface area contributed by atoms with Gasteiger partial charge in [0.1, 0.15) is 0 Å². The van der Waals surface area contributed by atoms with Gasteiger partial charge in [0.15, 0.2) is 5.82 Å². The molecule has 3 N–H and O–H groups in total. The van der Waals surface area contributed by atoms with E-state index in [9.17, 15) is 13.2 Å². The van der Waals surface area contributed by atoms with Crippen molar-refractivity contribution < 1.29 is 17.7 Å². The molecular formula is C15H19N5O4S. The molecule has 10 heteroatoms. The standard InChI is InChI=1S/C15H19N5O4S/c1-10-18-14(20-24-10)9-17-25(22,23)13-4-2-11(3-5-13)15(21)19-12-6-7-16-8-12/h2-5,12,16-17H,6-9H2,1H3,(H,19,21)/t12-/m0/s1. The van der Waals surface area contributed by atoms with Crippen LogP contribution in [0.1, 0.15) is 28.5 Å². The van der Waals surface area contributed by atoms with E-state index >= 15 is 0 Å². The van der Waals surface area contributed by atoms with E-state index in [1.54, 1.807) is 6.92 Å². The van der Waals surface area contributed by atoms with Crippen LogP contribution in [-0.2, 0) is 16.6 Å². The molecule has 1 atom stereocenters. The molecular weight excluding hydrogens is 346 g/mol. The molecule has 0 unspecified atom stereocenters. The quantitative estimate of drug-likeness (QED) is 0.655. The molecule has 0 saturated carbocycles. The molecule has 134 valence electrons. The van der Waals surface area contributed by atoms with E-state index in [0.29, 0.717) is 11.5 Å². The van der Waals surface area contributed by atoms with Crippen molar-refractivity contribution in [3.63, 3.8) is 0 Å². The van der Waals surface area contributed by atoms with Crippen molar-refractivity contribution in [2.45, 2.75) is 30.8 Å². The highest BCUT2D eigenvalue weighted by atomic mass is 32.2. The third-order valence-electron chi connectivity index (χ3n) is 3.81. The molecule has 1 aliphatic rings. The summed E-state index contributed by atoms with van der Waals surface area (Å²) < 4.78 is 31.7. The Morgan fingerprint density at radius 3 is 2.72 bits per heavy atom. The van der Waals surface area contributed by atoms with Crippen LogP contribution in [0, 0.1) is 6.92 Å². The summed E-state index contributed by atoms with van der Waals surface area (Å²) in [5.74, 6) is 0.400. The molecule has 2 heterocycles. The van der Waals surface area contributed by atoms with Gasteiger partial charge in [-0.25, -0.2) is 13.1 Å². The predicted octanol–water partition coefficient (Wildman–Crippen LogP) is -0.0518. The monoisotopic (exact) mass is 365 g/mol. The maximum absolute atomic E-state index is 12.3. The van der Waals surface area contributed by atoms with Crippen LogP contribution in [0.15, 0.2) is 33.7 Å². The van der Waals surface area contributed by atoms with E-state index in [2.05, 4.69) is 25.5 Å². The molecule has 1 fully saturated rings. The molecule has 1 aromatic heterocycles. The molecule has 3 rings (SSSR count). The minimum Gasteiger partial charge on any atom is -0.348 e. The summed E-state index contributed by atoms with van der Waals surface area (Å²) in [6, 6.07) is 5.88. The number of rotatable bonds is 6. The maximum atomic E-state index is 12.3. The van der Waals surface area contributed by atoms with E-state index in [1.807, 2.05) is 0 Å². The van der Waals surface area contributed by atoms with Gasteiger partial charge < -0.3 is 15.2 Å². The number of hydrogen-bond acceptors (Lipinski definition) is 7. The van der Waals surface area contributed by atoms with Crippen molar-refractivity contribution in [1.29, 1.82) is 0 Å². The Kier molecular flexibility index (Phi) is 5.11. The van der Waals surface area contributed by atoms with Gasteiger partial charge in [-0.2, -0.15) is 4.98 Å². The van der Waals surface area contributed by atoms with Gasteiger partial charge in [-0.3, -0.25) is 4.79 Å². The summed E-state index contributed by atoms with van der Waals surface area (Å²) in [6.45, 7) is 3.18. The number of sulfonamides is 1. The van der Waals surface area contributed by atoms with Crippen molar-refractivity contribution in [2.24, 2.45) is 0 Å². The lowest BCUT2D eigenvalue weighted by atomic mass is 10.2. The molecule has 1 amide bonds. The minimum absolute atomic E-state index is 0.0619. The van der Waals surface area contributed by atoms with Crippen molar-refractivity contribution in [2.75, 3.05) is 13.1 Å². The van der Waals surface area contributed by atoms with Gasteiger partial charge in [-0.05, 0) is 37.2 Å². The number of carbonyl (C=O) groups is 1. The normalized spacial score (nSPS) is 17.6. The Bertz CT molecular complexity index is 841. The fourth-order valence-corrected chi connectivity index (χ4v) is 3.47. The molecule has 0 aliphatic carbocycles. The van der Waals surface area contributed by atoms with Gasteiger partial charge in [-0.15, -0.1) is 0 Å². The zero-order valence-corrected chi connectivity index (χ0v) is 14.5. The number of aromatic nitrogens is 2. The number of nitrogens with zero attached hydrogens (tertiary/aromatic N) is 2. The largest absolute Gasteiger partial charge is 0.348 e. The number of benzene rings is 1. The summed E-state index contributed by atoms with van der Waals surface area (Å²) in [5, 5.41) is 9.70. The second-order valence-electron chi connectivity index (χ2n) is 5.74. The first-order valence-electron chi connectivity index (χ1n) is 7.84. The Labute approximate surface area is 145 Å². The highest BCUT2D eigenvalue weighted by molar-refractivity contribution is 7.89. The Morgan fingerprint density at radius 2 is 2.12 bits per heavy atom. The van der Waals surface area contributed by atoms with Crippen molar-refractivity contribution >= 4 is 15.9 Å². The molecule has 25 heavy (non-hydrogen) atoms. The maximum Gasteiger partial charge on any atom is 0.251 e. The molecule has 0 radical (unpaired) electrons. The minimum atomic E-state index is -3.73. The van der Waals surface area contributed by atoms with Crippen LogP contribution in [0.3, 0.4) is 0 Å². The fraction of sp³-hybridized carbons (Fsp3) is 0.400. The number of amides is 1. The van der Waals surface area contributed by atoms with Crippen LogP contribution in [-0.4, -0.2) is 43.6 Å². The lowest BCUT2D eigenvalue weighted by Gasteiger charge is -2.11. The second kappa shape index (κ2) is 7.30. The van der Waals surface area contributed by atoms with Crippen LogP contribution in [0.5, 0.6) is 0 Å². The molecule has 0 spiro atoms.